The topological polar surface area (TPSA) is 133 Å². The quantitative estimate of drug-likeness (QED) is 0.125. The molecular weight excluding hydrogens is 630 g/mol. The third-order valence-electron chi connectivity index (χ3n) is 7.45. The van der Waals surface area contributed by atoms with Gasteiger partial charge in [-0.3, -0.25) is 18.9 Å². The molecular formula is C32H36ClN7O5S. The van der Waals surface area contributed by atoms with Crippen LogP contribution in [0, 0.1) is 13.8 Å². The summed E-state index contributed by atoms with van der Waals surface area (Å²) in [6.45, 7) is 8.66. The summed E-state index contributed by atoms with van der Waals surface area (Å²) in [5.74, 6) is 1.04. The van der Waals surface area contributed by atoms with E-state index in [0.29, 0.717) is 49.3 Å². The molecule has 242 valence electrons. The van der Waals surface area contributed by atoms with Crippen molar-refractivity contribution in [2.45, 2.75) is 44.8 Å². The first-order valence-electron chi connectivity index (χ1n) is 14.8. The molecule has 46 heavy (non-hydrogen) atoms. The van der Waals surface area contributed by atoms with Crippen LogP contribution in [0.5, 0.6) is 5.75 Å². The van der Waals surface area contributed by atoms with Gasteiger partial charge in [0.05, 0.1) is 23.3 Å². The van der Waals surface area contributed by atoms with E-state index in [0.717, 1.165) is 22.4 Å². The normalized spacial score (nSPS) is 15.8. The van der Waals surface area contributed by atoms with Crippen LogP contribution in [0.4, 0.5) is 0 Å². The number of rotatable bonds is 12. The van der Waals surface area contributed by atoms with Crippen LogP contribution in [0.25, 0.3) is 6.08 Å². The van der Waals surface area contributed by atoms with Gasteiger partial charge in [-0.05, 0) is 79.6 Å². The minimum absolute atomic E-state index is 0.0108. The Morgan fingerprint density at radius 1 is 1.04 bits per heavy atom. The zero-order chi connectivity index (χ0) is 32.7. The fourth-order valence-corrected chi connectivity index (χ4v) is 6.16. The van der Waals surface area contributed by atoms with Gasteiger partial charge < -0.3 is 9.64 Å². The first kappa shape index (κ1) is 33.2. The largest absolute Gasteiger partial charge is 0.490 e. The summed E-state index contributed by atoms with van der Waals surface area (Å²) in [5, 5.41) is 12.8. The Hall–Kier alpha value is -4.17. The number of carbonyl (C=O) groups excluding carboxylic acids is 1. The Balaban J connectivity index is 1.07. The fraction of sp³-hybridized carbons (Fsp3) is 0.344. The number of piperazine rings is 1. The maximum atomic E-state index is 13.2. The summed E-state index contributed by atoms with van der Waals surface area (Å²) in [6, 6.07) is 15.7. The molecule has 1 fully saturated rings. The first-order chi connectivity index (χ1) is 22.1. The van der Waals surface area contributed by atoms with E-state index in [-0.39, 0.29) is 30.1 Å². The van der Waals surface area contributed by atoms with Crippen LogP contribution >= 0.6 is 11.6 Å². The van der Waals surface area contributed by atoms with Crippen molar-refractivity contribution in [3.05, 3.63) is 100 Å². The predicted octanol–water partition coefficient (Wildman–Crippen LogP) is 3.92. The van der Waals surface area contributed by atoms with Gasteiger partial charge >= 0.3 is 0 Å². The lowest BCUT2D eigenvalue weighted by Gasteiger charge is -2.39. The zero-order valence-electron chi connectivity index (χ0n) is 25.9. The SMILES string of the molecule is Cc1ccc(S(=O)(=O)OCCOc2ccc(CN3CCN(C(=O)/C=C/c4ccc(Cl)cc4Cn4nnc(C)n4)[C@H](C)C3)nc2)cc1. The highest BCUT2D eigenvalue weighted by Crippen LogP contribution is 2.20. The molecule has 0 radical (unpaired) electrons. The van der Waals surface area contributed by atoms with E-state index >= 15 is 0 Å². The Morgan fingerprint density at radius 3 is 2.54 bits per heavy atom. The number of ether oxygens (including phenoxy) is 1. The summed E-state index contributed by atoms with van der Waals surface area (Å²) >= 11 is 6.23. The van der Waals surface area contributed by atoms with Crippen LogP contribution < -0.4 is 4.74 Å². The highest BCUT2D eigenvalue weighted by molar-refractivity contribution is 7.86. The van der Waals surface area contributed by atoms with Crippen LogP contribution in [-0.2, 0) is 32.2 Å². The Bertz CT molecular complexity index is 1780. The number of aromatic nitrogens is 5. The molecule has 1 aliphatic heterocycles. The monoisotopic (exact) mass is 665 g/mol. The molecule has 0 aliphatic carbocycles. The number of benzene rings is 2. The number of halogens is 1. The summed E-state index contributed by atoms with van der Waals surface area (Å²) in [5.41, 5.74) is 3.57. The molecule has 3 heterocycles. The van der Waals surface area contributed by atoms with E-state index in [1.165, 1.54) is 16.9 Å². The molecule has 14 heteroatoms. The average Bonchev–Trinajstić information content (AvgIpc) is 3.44. The lowest BCUT2D eigenvalue weighted by atomic mass is 10.1. The summed E-state index contributed by atoms with van der Waals surface area (Å²) < 4.78 is 35.3. The molecule has 1 aliphatic rings. The number of hydrogen-bond acceptors (Lipinski definition) is 10. The fourth-order valence-electron chi connectivity index (χ4n) is 5.07. The number of amides is 1. The van der Waals surface area contributed by atoms with Gasteiger partial charge in [0.25, 0.3) is 10.1 Å². The Labute approximate surface area is 273 Å². The van der Waals surface area contributed by atoms with E-state index in [9.17, 15) is 13.2 Å². The maximum Gasteiger partial charge on any atom is 0.297 e. The average molecular weight is 666 g/mol. The molecule has 1 atom stereocenters. The minimum atomic E-state index is -3.84. The molecule has 0 N–H and O–H groups in total. The van der Waals surface area contributed by atoms with E-state index < -0.39 is 10.1 Å². The molecule has 5 rings (SSSR count). The third-order valence-corrected chi connectivity index (χ3v) is 9.01. The lowest BCUT2D eigenvalue weighted by molar-refractivity contribution is -0.130. The highest BCUT2D eigenvalue weighted by Gasteiger charge is 2.26. The van der Waals surface area contributed by atoms with Crippen molar-refractivity contribution < 1.29 is 22.1 Å². The van der Waals surface area contributed by atoms with Gasteiger partial charge in [-0.25, -0.2) is 0 Å². The summed E-state index contributed by atoms with van der Waals surface area (Å²) in [4.78, 5) is 23.4. The standard InChI is InChI=1S/C32H36ClN7O5S/c1-23-4-11-31(12-5-23)46(42,43)45-17-16-44-30-10-9-29(34-19-30)22-38-14-15-39(24(2)20-38)32(41)13-7-26-6-8-28(33)18-27(26)21-40-36-25(3)35-37-40/h4-13,18-19,24H,14-17,20-22H2,1-3H3/b13-7+/t24-/m1/s1. The van der Waals surface area contributed by atoms with Crippen LogP contribution in [0.15, 0.2) is 71.8 Å². The number of aryl methyl sites for hydroxylation is 2. The van der Waals surface area contributed by atoms with Gasteiger partial charge in [-0.2, -0.15) is 13.2 Å². The van der Waals surface area contributed by atoms with Crippen molar-refractivity contribution in [3.8, 4) is 5.75 Å². The van der Waals surface area contributed by atoms with E-state index in [4.69, 9.17) is 20.5 Å². The van der Waals surface area contributed by atoms with Crippen LogP contribution in [0.3, 0.4) is 0 Å². The van der Waals surface area contributed by atoms with Crippen molar-refractivity contribution in [1.82, 2.24) is 35.0 Å². The van der Waals surface area contributed by atoms with Gasteiger partial charge in [0, 0.05) is 43.3 Å². The second-order valence-electron chi connectivity index (χ2n) is 11.1. The van der Waals surface area contributed by atoms with Crippen LogP contribution in [0.2, 0.25) is 5.02 Å². The van der Waals surface area contributed by atoms with Crippen molar-refractivity contribution in [1.29, 1.82) is 0 Å². The molecule has 1 saturated heterocycles. The van der Waals surface area contributed by atoms with Gasteiger partial charge in [0.15, 0.2) is 5.82 Å². The van der Waals surface area contributed by atoms with E-state index in [2.05, 4.69) is 25.3 Å². The van der Waals surface area contributed by atoms with Crippen LogP contribution in [-0.4, -0.2) is 88.2 Å². The van der Waals surface area contributed by atoms with Gasteiger partial charge in [0.2, 0.25) is 5.91 Å². The van der Waals surface area contributed by atoms with Crippen molar-refractivity contribution in [2.75, 3.05) is 32.8 Å². The summed E-state index contributed by atoms with van der Waals surface area (Å²) in [7, 11) is -3.84. The molecule has 4 aromatic rings. The molecule has 1 amide bonds. The minimum Gasteiger partial charge on any atom is -0.490 e. The van der Waals surface area contributed by atoms with Crippen LogP contribution in [0.1, 0.15) is 35.1 Å². The number of hydrogen-bond donors (Lipinski definition) is 0. The molecule has 0 unspecified atom stereocenters. The number of pyridine rings is 1. The Morgan fingerprint density at radius 2 is 1.85 bits per heavy atom. The molecule has 2 aromatic carbocycles. The highest BCUT2D eigenvalue weighted by atomic mass is 35.5. The number of nitrogens with zero attached hydrogens (tertiary/aromatic N) is 7. The molecule has 0 saturated carbocycles. The lowest BCUT2D eigenvalue weighted by Crippen LogP contribution is -2.53. The van der Waals surface area contributed by atoms with Gasteiger partial charge in [0.1, 0.15) is 19.0 Å². The Kier molecular flexibility index (Phi) is 10.8. The van der Waals surface area contributed by atoms with E-state index in [1.54, 1.807) is 49.5 Å². The van der Waals surface area contributed by atoms with Crippen molar-refractivity contribution in [2.24, 2.45) is 0 Å². The second-order valence-corrected chi connectivity index (χ2v) is 13.1. The molecule has 12 nitrogen and oxygen atoms in total. The first-order valence-corrected chi connectivity index (χ1v) is 16.6. The smallest absolute Gasteiger partial charge is 0.297 e. The third kappa shape index (κ3) is 8.97. The molecule has 2 aromatic heterocycles. The van der Waals surface area contributed by atoms with Crippen molar-refractivity contribution >= 4 is 33.7 Å². The molecule has 0 spiro atoms. The predicted molar refractivity (Wildman–Crippen MR) is 173 cm³/mol. The number of tetrazole rings is 1. The summed E-state index contributed by atoms with van der Waals surface area (Å²) in [6.07, 6.45) is 5.02. The number of carbonyl (C=O) groups is 1. The van der Waals surface area contributed by atoms with E-state index in [1.807, 2.05) is 36.9 Å². The van der Waals surface area contributed by atoms with Gasteiger partial charge in [-0.15, -0.1) is 10.2 Å². The second kappa shape index (κ2) is 14.9. The van der Waals surface area contributed by atoms with Gasteiger partial charge in [-0.1, -0.05) is 35.4 Å². The van der Waals surface area contributed by atoms with Crippen molar-refractivity contribution in [3.63, 3.8) is 0 Å². The zero-order valence-corrected chi connectivity index (χ0v) is 27.5. The maximum absolute atomic E-state index is 13.2. The molecule has 0 bridgehead atoms.